The van der Waals surface area contributed by atoms with Crippen LogP contribution in [-0.4, -0.2) is 33.6 Å². The van der Waals surface area contributed by atoms with E-state index in [1.165, 1.54) is 22.3 Å². The zero-order valence-electron chi connectivity index (χ0n) is 16.2. The molecular weight excluding hydrogens is 376 g/mol. The highest BCUT2D eigenvalue weighted by atomic mass is 16.5. The lowest BCUT2D eigenvalue weighted by Crippen LogP contribution is -2.26. The first kappa shape index (κ1) is 18.1. The molecule has 0 fully saturated rings. The summed E-state index contributed by atoms with van der Waals surface area (Å²) < 4.78 is 7.46. The third kappa shape index (κ3) is 3.33. The van der Waals surface area contributed by atoms with E-state index >= 15 is 0 Å². The standard InChI is InChI=1S/C24H20N4O2/c29-24(26-11-5-6-17-14-27-23-15-25-12-13-28(17)23)30-16-22-20-9-3-1-7-18(20)19-8-2-4-10-21(19)22/h1-10,12-15,22H,11,16H2,(H,26,29). The number of imidazole rings is 1. The fourth-order valence-corrected chi connectivity index (χ4v) is 3.96. The van der Waals surface area contributed by atoms with Gasteiger partial charge in [0.15, 0.2) is 5.65 Å². The molecule has 0 spiro atoms. The van der Waals surface area contributed by atoms with Crippen LogP contribution in [0.4, 0.5) is 4.79 Å². The molecule has 0 saturated carbocycles. The average Bonchev–Trinajstić information content (AvgIpc) is 3.34. The van der Waals surface area contributed by atoms with Crippen LogP contribution in [0.1, 0.15) is 22.7 Å². The Kier molecular flexibility index (Phi) is 4.73. The van der Waals surface area contributed by atoms with Gasteiger partial charge in [-0.2, -0.15) is 0 Å². The molecule has 1 N–H and O–H groups in total. The molecular formula is C24H20N4O2. The van der Waals surface area contributed by atoms with Crippen molar-refractivity contribution < 1.29 is 9.53 Å². The second-order valence-electron chi connectivity index (χ2n) is 7.10. The van der Waals surface area contributed by atoms with Gasteiger partial charge in [0.25, 0.3) is 0 Å². The molecule has 2 aromatic heterocycles. The minimum Gasteiger partial charge on any atom is -0.449 e. The number of hydrogen-bond acceptors (Lipinski definition) is 4. The van der Waals surface area contributed by atoms with Crippen molar-refractivity contribution in [3.63, 3.8) is 0 Å². The summed E-state index contributed by atoms with van der Waals surface area (Å²) in [6, 6.07) is 16.6. The lowest BCUT2D eigenvalue weighted by atomic mass is 9.98. The molecule has 6 heteroatoms. The Morgan fingerprint density at radius 1 is 1.07 bits per heavy atom. The summed E-state index contributed by atoms with van der Waals surface area (Å²) in [6.07, 6.45) is 10.4. The fraction of sp³-hybridized carbons (Fsp3) is 0.125. The quantitative estimate of drug-likeness (QED) is 0.547. The highest BCUT2D eigenvalue weighted by Gasteiger charge is 2.28. The van der Waals surface area contributed by atoms with Gasteiger partial charge < -0.3 is 10.1 Å². The van der Waals surface area contributed by atoms with Crippen molar-refractivity contribution in [1.82, 2.24) is 19.7 Å². The van der Waals surface area contributed by atoms with Crippen LogP contribution in [0.15, 0.2) is 79.4 Å². The molecule has 1 aliphatic carbocycles. The summed E-state index contributed by atoms with van der Waals surface area (Å²) >= 11 is 0. The van der Waals surface area contributed by atoms with Crippen LogP contribution in [0.5, 0.6) is 0 Å². The number of amides is 1. The van der Waals surface area contributed by atoms with Crippen LogP contribution in [0.2, 0.25) is 0 Å². The highest BCUT2D eigenvalue weighted by Crippen LogP contribution is 2.44. The van der Waals surface area contributed by atoms with Gasteiger partial charge in [0.05, 0.1) is 18.1 Å². The van der Waals surface area contributed by atoms with Gasteiger partial charge in [-0.3, -0.25) is 9.38 Å². The van der Waals surface area contributed by atoms with Crippen LogP contribution < -0.4 is 5.32 Å². The van der Waals surface area contributed by atoms with Crippen molar-refractivity contribution >= 4 is 17.8 Å². The van der Waals surface area contributed by atoms with Crippen molar-refractivity contribution in [2.45, 2.75) is 5.92 Å². The predicted octanol–water partition coefficient (Wildman–Crippen LogP) is 4.28. The van der Waals surface area contributed by atoms with Crippen molar-refractivity contribution in [1.29, 1.82) is 0 Å². The lowest BCUT2D eigenvalue weighted by Gasteiger charge is -2.14. The van der Waals surface area contributed by atoms with Gasteiger partial charge in [-0.15, -0.1) is 0 Å². The number of nitrogens with zero attached hydrogens (tertiary/aromatic N) is 3. The summed E-state index contributed by atoms with van der Waals surface area (Å²) in [5.74, 6) is 0.0606. The molecule has 2 aromatic carbocycles. The Morgan fingerprint density at radius 3 is 2.57 bits per heavy atom. The first-order valence-electron chi connectivity index (χ1n) is 9.84. The Balaban J connectivity index is 1.19. The lowest BCUT2D eigenvalue weighted by molar-refractivity contribution is 0.144. The number of benzene rings is 2. The molecule has 2 heterocycles. The highest BCUT2D eigenvalue weighted by molar-refractivity contribution is 5.79. The molecule has 0 radical (unpaired) electrons. The van der Waals surface area contributed by atoms with Gasteiger partial charge >= 0.3 is 6.09 Å². The largest absolute Gasteiger partial charge is 0.449 e. The third-order valence-electron chi connectivity index (χ3n) is 5.34. The van der Waals surface area contributed by atoms with Crippen molar-refractivity contribution in [2.24, 2.45) is 0 Å². The zero-order chi connectivity index (χ0) is 20.3. The maximum absolute atomic E-state index is 12.2. The van der Waals surface area contributed by atoms with Crippen LogP contribution in [0, 0.1) is 0 Å². The Labute approximate surface area is 173 Å². The predicted molar refractivity (Wildman–Crippen MR) is 115 cm³/mol. The molecule has 5 rings (SSSR count). The summed E-state index contributed by atoms with van der Waals surface area (Å²) in [5.41, 5.74) is 6.53. The molecule has 0 saturated heterocycles. The number of fused-ring (bicyclic) bond motifs is 4. The summed E-state index contributed by atoms with van der Waals surface area (Å²) in [7, 11) is 0. The van der Waals surface area contributed by atoms with Gasteiger partial charge in [-0.05, 0) is 28.3 Å². The van der Waals surface area contributed by atoms with Gasteiger partial charge in [0.1, 0.15) is 6.61 Å². The molecule has 1 amide bonds. The molecule has 1 aliphatic rings. The number of nitrogens with one attached hydrogen (secondary N) is 1. The summed E-state index contributed by atoms with van der Waals surface area (Å²) in [4.78, 5) is 20.5. The first-order valence-corrected chi connectivity index (χ1v) is 9.84. The van der Waals surface area contributed by atoms with E-state index in [2.05, 4.69) is 39.6 Å². The minimum atomic E-state index is -0.427. The number of hydrogen-bond donors (Lipinski definition) is 1. The van der Waals surface area contributed by atoms with Gasteiger partial charge in [0.2, 0.25) is 0 Å². The second-order valence-corrected chi connectivity index (χ2v) is 7.10. The number of ether oxygens (including phenoxy) is 1. The van der Waals surface area contributed by atoms with Gasteiger partial charge in [-0.1, -0.05) is 54.6 Å². The van der Waals surface area contributed by atoms with E-state index in [0.717, 1.165) is 11.3 Å². The number of carbonyl (C=O) groups excluding carboxylic acids is 1. The van der Waals surface area contributed by atoms with E-state index in [1.54, 1.807) is 18.6 Å². The molecule has 0 aliphatic heterocycles. The molecule has 4 aromatic rings. The Hall–Kier alpha value is -3.93. The maximum Gasteiger partial charge on any atom is 0.407 e. The van der Waals surface area contributed by atoms with E-state index in [4.69, 9.17) is 4.74 Å². The van der Waals surface area contributed by atoms with E-state index in [9.17, 15) is 4.79 Å². The van der Waals surface area contributed by atoms with E-state index in [1.807, 2.05) is 47.0 Å². The molecule has 0 atom stereocenters. The van der Waals surface area contributed by atoms with Crippen LogP contribution in [-0.2, 0) is 4.74 Å². The number of rotatable bonds is 5. The van der Waals surface area contributed by atoms with Crippen molar-refractivity contribution in [2.75, 3.05) is 13.2 Å². The Morgan fingerprint density at radius 2 is 1.80 bits per heavy atom. The third-order valence-corrected chi connectivity index (χ3v) is 5.34. The summed E-state index contributed by atoms with van der Waals surface area (Å²) in [6.45, 7) is 0.679. The SMILES string of the molecule is O=C(NCC=Cc1cnc2cnccn12)OCC1c2ccccc2-c2ccccc21. The minimum absolute atomic E-state index is 0.0606. The van der Waals surface area contributed by atoms with E-state index in [0.29, 0.717) is 13.2 Å². The number of alkyl carbamates (subject to hydrolysis) is 1. The monoisotopic (exact) mass is 396 g/mol. The summed E-state index contributed by atoms with van der Waals surface area (Å²) in [5, 5.41) is 2.78. The smallest absolute Gasteiger partial charge is 0.407 e. The topological polar surface area (TPSA) is 68.5 Å². The normalized spacial score (nSPS) is 12.8. The molecule has 148 valence electrons. The molecule has 0 unspecified atom stereocenters. The molecule has 30 heavy (non-hydrogen) atoms. The zero-order valence-corrected chi connectivity index (χ0v) is 16.2. The average molecular weight is 396 g/mol. The van der Waals surface area contributed by atoms with E-state index < -0.39 is 6.09 Å². The molecule has 6 nitrogen and oxygen atoms in total. The second kappa shape index (κ2) is 7.83. The van der Waals surface area contributed by atoms with E-state index in [-0.39, 0.29) is 5.92 Å². The van der Waals surface area contributed by atoms with Crippen LogP contribution in [0.25, 0.3) is 22.9 Å². The van der Waals surface area contributed by atoms with Gasteiger partial charge in [-0.25, -0.2) is 9.78 Å². The molecule has 0 bridgehead atoms. The van der Waals surface area contributed by atoms with Crippen molar-refractivity contribution in [3.8, 4) is 11.1 Å². The van der Waals surface area contributed by atoms with Crippen LogP contribution in [0.3, 0.4) is 0 Å². The van der Waals surface area contributed by atoms with Crippen molar-refractivity contribution in [3.05, 3.63) is 96.2 Å². The maximum atomic E-state index is 12.2. The van der Waals surface area contributed by atoms with Gasteiger partial charge in [0, 0.05) is 24.9 Å². The number of aromatic nitrogens is 3. The number of carbonyl (C=O) groups is 1. The first-order chi connectivity index (χ1) is 14.8. The Bertz CT molecular complexity index is 1200. The fourth-order valence-electron chi connectivity index (χ4n) is 3.96. The van der Waals surface area contributed by atoms with Crippen LogP contribution >= 0.6 is 0 Å².